The minimum Gasteiger partial charge on any atom is -0.377 e. The summed E-state index contributed by atoms with van der Waals surface area (Å²) < 4.78 is 27.0. The Hall–Kier alpha value is -0.460. The van der Waals surface area contributed by atoms with E-state index < -0.39 is 0 Å². The van der Waals surface area contributed by atoms with Gasteiger partial charge < -0.3 is 23.7 Å². The normalized spacial score (nSPS) is 11.5. The Balaban J connectivity index is 3.07. The van der Waals surface area contributed by atoms with E-state index in [2.05, 4.69) is 20.4 Å². The minimum atomic E-state index is 0.254. The van der Waals surface area contributed by atoms with Crippen LogP contribution in [0.25, 0.3) is 0 Å². The first-order chi connectivity index (χ1) is 10.5. The van der Waals surface area contributed by atoms with Crippen molar-refractivity contribution in [3.05, 3.63) is 12.2 Å². The lowest BCUT2D eigenvalue weighted by Crippen LogP contribution is -2.14. The van der Waals surface area contributed by atoms with Crippen LogP contribution >= 0.6 is 0 Å². The van der Waals surface area contributed by atoms with Gasteiger partial charge in [0.2, 0.25) is 0 Å². The molecule has 5 heteroatoms. The highest BCUT2D eigenvalue weighted by Gasteiger charge is 1.99. The standard InChI is InChI=1S/C17H34O5/c1-15(2)17(5)14-21-11-10-19-7-6-18-8-9-20-12-13-22-16(3)4/h15-16H,5-14H2,1-4H3. The highest BCUT2D eigenvalue weighted by Crippen LogP contribution is 2.05. The molecule has 0 unspecified atom stereocenters. The quantitative estimate of drug-likeness (QED) is 0.323. The fourth-order valence-corrected chi connectivity index (χ4v) is 1.37. The van der Waals surface area contributed by atoms with E-state index in [1.165, 1.54) is 0 Å². The Morgan fingerprint density at radius 2 is 1.09 bits per heavy atom. The van der Waals surface area contributed by atoms with E-state index >= 15 is 0 Å². The molecule has 0 rings (SSSR count). The van der Waals surface area contributed by atoms with Crippen LogP contribution < -0.4 is 0 Å². The van der Waals surface area contributed by atoms with Gasteiger partial charge in [-0.25, -0.2) is 0 Å². The predicted molar refractivity (Wildman–Crippen MR) is 88.3 cm³/mol. The molecule has 5 nitrogen and oxygen atoms in total. The summed E-state index contributed by atoms with van der Waals surface area (Å²) in [6, 6.07) is 0. The molecular weight excluding hydrogens is 284 g/mol. The third kappa shape index (κ3) is 15.9. The maximum absolute atomic E-state index is 5.46. The monoisotopic (exact) mass is 318 g/mol. The lowest BCUT2D eigenvalue weighted by atomic mass is 10.1. The van der Waals surface area contributed by atoms with Crippen molar-refractivity contribution >= 4 is 0 Å². The zero-order chi connectivity index (χ0) is 16.6. The van der Waals surface area contributed by atoms with E-state index in [9.17, 15) is 0 Å². The average Bonchev–Trinajstić information content (AvgIpc) is 2.46. The predicted octanol–water partition coefficient (Wildman–Crippen LogP) is 2.69. The molecule has 0 amide bonds. The van der Waals surface area contributed by atoms with Crippen LogP contribution in [0.3, 0.4) is 0 Å². The molecule has 0 aromatic rings. The van der Waals surface area contributed by atoms with E-state index in [4.69, 9.17) is 23.7 Å². The fourth-order valence-electron chi connectivity index (χ4n) is 1.37. The summed E-state index contributed by atoms with van der Waals surface area (Å²) in [4.78, 5) is 0. The summed E-state index contributed by atoms with van der Waals surface area (Å²) in [7, 11) is 0. The van der Waals surface area contributed by atoms with Crippen molar-refractivity contribution < 1.29 is 23.7 Å². The summed E-state index contributed by atoms with van der Waals surface area (Å²) in [5.41, 5.74) is 1.11. The van der Waals surface area contributed by atoms with Crippen LogP contribution in [0.5, 0.6) is 0 Å². The van der Waals surface area contributed by atoms with Crippen molar-refractivity contribution in [3.63, 3.8) is 0 Å². The van der Waals surface area contributed by atoms with Crippen molar-refractivity contribution in [2.75, 3.05) is 59.5 Å². The van der Waals surface area contributed by atoms with Gasteiger partial charge in [-0.15, -0.1) is 0 Å². The largest absolute Gasteiger partial charge is 0.377 e. The number of rotatable bonds is 16. The summed E-state index contributed by atoms with van der Waals surface area (Å²) in [6.45, 7) is 17.5. The van der Waals surface area contributed by atoms with Crippen LogP contribution in [-0.4, -0.2) is 65.6 Å². The summed E-state index contributed by atoms with van der Waals surface area (Å²) in [6.07, 6.45) is 0.254. The molecule has 0 bridgehead atoms. The van der Waals surface area contributed by atoms with Gasteiger partial charge in [0, 0.05) is 0 Å². The Morgan fingerprint density at radius 1 is 0.682 bits per heavy atom. The number of ether oxygens (including phenoxy) is 5. The molecule has 0 aromatic carbocycles. The first-order valence-electron chi connectivity index (χ1n) is 8.14. The van der Waals surface area contributed by atoms with E-state index in [-0.39, 0.29) is 6.10 Å². The second kappa shape index (κ2) is 15.4. The van der Waals surface area contributed by atoms with Gasteiger partial charge in [0.25, 0.3) is 0 Å². The van der Waals surface area contributed by atoms with Crippen molar-refractivity contribution in [2.45, 2.75) is 33.8 Å². The van der Waals surface area contributed by atoms with Gasteiger partial charge in [0.15, 0.2) is 0 Å². The molecule has 0 saturated heterocycles. The molecule has 0 radical (unpaired) electrons. The Bertz CT molecular complexity index is 253. The smallest absolute Gasteiger partial charge is 0.0704 e. The Labute approximate surface area is 135 Å². The van der Waals surface area contributed by atoms with Crippen LogP contribution in [0.2, 0.25) is 0 Å². The Morgan fingerprint density at radius 3 is 1.50 bits per heavy atom. The van der Waals surface area contributed by atoms with Crippen LogP contribution in [0.4, 0.5) is 0 Å². The molecule has 0 spiro atoms. The third-order valence-electron chi connectivity index (χ3n) is 2.90. The lowest BCUT2D eigenvalue weighted by molar-refractivity contribution is -0.0168. The lowest BCUT2D eigenvalue weighted by Gasteiger charge is -2.10. The van der Waals surface area contributed by atoms with Crippen LogP contribution in [0.1, 0.15) is 27.7 Å². The Kier molecular flexibility index (Phi) is 15.1. The molecule has 132 valence electrons. The van der Waals surface area contributed by atoms with E-state index in [1.807, 2.05) is 13.8 Å². The second-order valence-electron chi connectivity index (χ2n) is 5.62. The molecule has 0 aliphatic heterocycles. The first-order valence-corrected chi connectivity index (χ1v) is 8.14. The molecule has 0 heterocycles. The molecule has 0 N–H and O–H groups in total. The summed E-state index contributed by atoms with van der Waals surface area (Å²) in [5, 5.41) is 0. The van der Waals surface area contributed by atoms with Crippen LogP contribution in [0, 0.1) is 5.92 Å². The van der Waals surface area contributed by atoms with Crippen molar-refractivity contribution in [1.29, 1.82) is 0 Å². The van der Waals surface area contributed by atoms with Gasteiger partial charge in [0.05, 0.1) is 65.6 Å². The summed E-state index contributed by atoms with van der Waals surface area (Å²) in [5.74, 6) is 0.466. The maximum atomic E-state index is 5.46. The molecule has 0 atom stereocenters. The van der Waals surface area contributed by atoms with Gasteiger partial charge in [-0.05, 0) is 25.3 Å². The molecule has 0 aromatic heterocycles. The van der Waals surface area contributed by atoms with Gasteiger partial charge >= 0.3 is 0 Å². The zero-order valence-corrected chi connectivity index (χ0v) is 14.8. The number of hydrogen-bond donors (Lipinski definition) is 0. The van der Waals surface area contributed by atoms with Gasteiger partial charge in [-0.1, -0.05) is 20.4 Å². The SMILES string of the molecule is C=C(COCCOCCOCCOCCOC(C)C)C(C)C. The maximum Gasteiger partial charge on any atom is 0.0704 e. The van der Waals surface area contributed by atoms with Gasteiger partial charge in [-0.2, -0.15) is 0 Å². The van der Waals surface area contributed by atoms with Crippen LogP contribution in [-0.2, 0) is 23.7 Å². The molecule has 0 saturated carbocycles. The molecule has 0 aliphatic rings. The van der Waals surface area contributed by atoms with Crippen molar-refractivity contribution in [2.24, 2.45) is 5.92 Å². The molecule has 22 heavy (non-hydrogen) atoms. The van der Waals surface area contributed by atoms with Gasteiger partial charge in [-0.3, -0.25) is 0 Å². The van der Waals surface area contributed by atoms with Crippen molar-refractivity contribution in [1.82, 2.24) is 0 Å². The van der Waals surface area contributed by atoms with Gasteiger partial charge in [0.1, 0.15) is 0 Å². The van der Waals surface area contributed by atoms with Crippen LogP contribution in [0.15, 0.2) is 12.2 Å². The van der Waals surface area contributed by atoms with Crippen molar-refractivity contribution in [3.8, 4) is 0 Å². The zero-order valence-electron chi connectivity index (χ0n) is 14.8. The fraction of sp³-hybridized carbons (Fsp3) is 0.882. The van der Waals surface area contributed by atoms with E-state index in [0.717, 1.165) is 5.57 Å². The molecule has 0 aliphatic carbocycles. The highest BCUT2D eigenvalue weighted by molar-refractivity contribution is 4.97. The summed E-state index contributed by atoms with van der Waals surface area (Å²) >= 11 is 0. The molecule has 0 fully saturated rings. The number of hydrogen-bond acceptors (Lipinski definition) is 5. The second-order valence-corrected chi connectivity index (χ2v) is 5.62. The van der Waals surface area contributed by atoms with E-state index in [1.54, 1.807) is 0 Å². The highest BCUT2D eigenvalue weighted by atomic mass is 16.6. The topological polar surface area (TPSA) is 46.2 Å². The minimum absolute atomic E-state index is 0.254. The first kappa shape index (κ1) is 21.5. The third-order valence-corrected chi connectivity index (χ3v) is 2.90. The van der Waals surface area contributed by atoms with E-state index in [0.29, 0.717) is 65.4 Å². The molecular formula is C17H34O5. The average molecular weight is 318 g/mol.